The summed E-state index contributed by atoms with van der Waals surface area (Å²) in [4.78, 5) is 24.6. The van der Waals surface area contributed by atoms with Crippen molar-refractivity contribution in [1.29, 1.82) is 0 Å². The van der Waals surface area contributed by atoms with Crippen molar-refractivity contribution in [2.24, 2.45) is 10.2 Å². The van der Waals surface area contributed by atoms with Crippen molar-refractivity contribution in [1.82, 2.24) is 9.78 Å². The van der Waals surface area contributed by atoms with Crippen molar-refractivity contribution in [3.63, 3.8) is 0 Å². The Bertz CT molecular complexity index is 1650. The van der Waals surface area contributed by atoms with Gasteiger partial charge < -0.3 is 10.2 Å². The number of hydrogen-bond donors (Lipinski definition) is 3. The van der Waals surface area contributed by atoms with Gasteiger partial charge in [-0.05, 0) is 79.3 Å². The van der Waals surface area contributed by atoms with Crippen LogP contribution in [-0.2, 0) is 12.8 Å². The maximum absolute atomic E-state index is 13.1. The molecule has 1 aromatic heterocycles. The topological polar surface area (TPSA) is 120 Å². The van der Waals surface area contributed by atoms with E-state index >= 15 is 0 Å². The smallest absolute Gasteiger partial charge is 0.335 e. The molecule has 3 N–H and O–H groups in total. The molecule has 0 atom stereocenters. The minimum Gasteiger partial charge on any atom is -0.505 e. The van der Waals surface area contributed by atoms with E-state index in [4.69, 9.17) is 6.42 Å². The van der Waals surface area contributed by atoms with Crippen LogP contribution in [0.15, 0.2) is 69.6 Å². The van der Waals surface area contributed by atoms with E-state index in [0.717, 1.165) is 30.4 Å². The number of nitrogens with one attached hydrogen (secondary N) is 1. The molecule has 1 aliphatic rings. The van der Waals surface area contributed by atoms with Crippen LogP contribution < -0.4 is 5.56 Å². The van der Waals surface area contributed by atoms with Crippen LogP contribution in [-0.4, -0.2) is 26.0 Å². The number of terminal acetylenes is 1. The molecule has 0 saturated heterocycles. The summed E-state index contributed by atoms with van der Waals surface area (Å²) < 4.78 is 1.35. The van der Waals surface area contributed by atoms with Crippen LogP contribution in [0.1, 0.15) is 39.2 Å². The van der Waals surface area contributed by atoms with E-state index in [1.807, 2.05) is 6.07 Å². The molecule has 0 radical (unpaired) electrons. The van der Waals surface area contributed by atoms with Gasteiger partial charge in [-0.25, -0.2) is 9.48 Å². The second-order valence-corrected chi connectivity index (χ2v) is 8.62. The Morgan fingerprint density at radius 1 is 1.08 bits per heavy atom. The van der Waals surface area contributed by atoms with Crippen molar-refractivity contribution < 1.29 is 15.0 Å². The zero-order valence-corrected chi connectivity index (χ0v) is 19.4. The third kappa shape index (κ3) is 3.97. The Labute approximate surface area is 206 Å². The average Bonchev–Trinajstić information content (AvgIpc) is 3.47. The summed E-state index contributed by atoms with van der Waals surface area (Å²) in [5, 5.41) is 32.2. The number of phenols is 1. The summed E-state index contributed by atoms with van der Waals surface area (Å²) in [6, 6.07) is 15.3. The molecule has 0 fully saturated rings. The van der Waals surface area contributed by atoms with E-state index in [9.17, 15) is 19.8 Å². The largest absolute Gasteiger partial charge is 0.505 e. The summed E-state index contributed by atoms with van der Waals surface area (Å²) in [6.45, 7) is 1.72. The molecule has 0 spiro atoms. The van der Waals surface area contributed by atoms with Crippen molar-refractivity contribution in [3.05, 3.63) is 92.9 Å². The lowest BCUT2D eigenvalue weighted by molar-refractivity contribution is 0.0697. The number of fused-ring (bicyclic) bond motifs is 1. The number of aromatic hydroxyl groups is 1. The number of aryl methyl sites for hydroxylation is 2. The number of phenolic OH excluding ortho intramolecular Hbond substituents is 1. The maximum Gasteiger partial charge on any atom is 0.335 e. The van der Waals surface area contributed by atoms with Crippen LogP contribution in [0.2, 0.25) is 0 Å². The fraction of sp³-hybridized carbons (Fsp3) is 0.143. The van der Waals surface area contributed by atoms with E-state index in [1.165, 1.54) is 16.8 Å². The second-order valence-electron chi connectivity index (χ2n) is 8.62. The Morgan fingerprint density at radius 2 is 1.86 bits per heavy atom. The van der Waals surface area contributed by atoms with Gasteiger partial charge in [0.1, 0.15) is 5.69 Å². The van der Waals surface area contributed by atoms with Crippen molar-refractivity contribution in [2.45, 2.75) is 26.2 Å². The highest BCUT2D eigenvalue weighted by molar-refractivity contribution is 5.90. The number of aromatic carboxylic acids is 1. The summed E-state index contributed by atoms with van der Waals surface area (Å²) in [5.41, 5.74) is 4.79. The fourth-order valence-corrected chi connectivity index (χ4v) is 4.53. The number of azo groups is 1. The molecule has 5 rings (SSSR count). The highest BCUT2D eigenvalue weighted by atomic mass is 16.4. The highest BCUT2D eigenvalue weighted by Crippen LogP contribution is 2.45. The van der Waals surface area contributed by atoms with Gasteiger partial charge in [-0.15, -0.1) is 16.7 Å². The lowest BCUT2D eigenvalue weighted by Gasteiger charge is -2.12. The zero-order chi connectivity index (χ0) is 25.4. The number of hydrogen-bond acceptors (Lipinski definition) is 5. The first-order valence-electron chi connectivity index (χ1n) is 11.4. The number of nitrogens with zero attached hydrogens (tertiary/aromatic N) is 3. The van der Waals surface area contributed by atoms with Gasteiger partial charge in [-0.3, -0.25) is 9.89 Å². The summed E-state index contributed by atoms with van der Waals surface area (Å²) in [6.07, 6.45) is 7.92. The monoisotopic (exact) mass is 478 g/mol. The van der Waals surface area contributed by atoms with E-state index in [0.29, 0.717) is 33.8 Å². The van der Waals surface area contributed by atoms with Gasteiger partial charge >= 0.3 is 5.97 Å². The number of aromatic amines is 1. The van der Waals surface area contributed by atoms with Crippen molar-refractivity contribution >= 4 is 17.3 Å². The SMILES string of the molecule is C#Cc1cccc(-n2[nH]c(C)c(N=Nc3c(O)c(-c4cccc(C(=O)O)c4)cc4c3CCC4)c2=O)c1. The predicted octanol–water partition coefficient (Wildman–Crippen LogP) is 5.43. The van der Waals surface area contributed by atoms with Gasteiger partial charge in [0, 0.05) is 11.1 Å². The van der Waals surface area contributed by atoms with Gasteiger partial charge in [0.05, 0.1) is 16.9 Å². The third-order valence-electron chi connectivity index (χ3n) is 6.33. The second kappa shape index (κ2) is 9.04. The number of carbonyl (C=O) groups is 1. The van der Waals surface area contributed by atoms with Gasteiger partial charge in [-0.1, -0.05) is 24.1 Å². The molecule has 178 valence electrons. The molecule has 8 nitrogen and oxygen atoms in total. The van der Waals surface area contributed by atoms with Crippen LogP contribution in [0, 0.1) is 19.3 Å². The van der Waals surface area contributed by atoms with Crippen molar-refractivity contribution in [3.8, 4) is 34.9 Å². The number of carboxylic acids is 1. The Morgan fingerprint density at radius 3 is 2.64 bits per heavy atom. The zero-order valence-electron chi connectivity index (χ0n) is 19.4. The Balaban J connectivity index is 1.60. The van der Waals surface area contributed by atoms with Crippen LogP contribution in [0.4, 0.5) is 11.4 Å². The van der Waals surface area contributed by atoms with Gasteiger partial charge in [-0.2, -0.15) is 0 Å². The minimum atomic E-state index is -1.05. The maximum atomic E-state index is 13.1. The molecule has 0 unspecified atom stereocenters. The standard InChI is InChI=1S/C28H22N4O4/c1-3-17-7-4-11-21(13-17)32-27(34)24(16(2)31-32)29-30-25-22-12-6-9-19(22)15-23(26(25)33)18-8-5-10-20(14-18)28(35)36/h1,4-5,7-8,10-11,13-15,31,33H,6,9,12H2,2H3,(H,35,36). The normalized spacial score (nSPS) is 12.6. The van der Waals surface area contributed by atoms with Gasteiger partial charge in [0.25, 0.3) is 5.56 Å². The van der Waals surface area contributed by atoms with Crippen molar-refractivity contribution in [2.75, 3.05) is 0 Å². The third-order valence-corrected chi connectivity index (χ3v) is 6.33. The Kier molecular flexibility index (Phi) is 5.74. The quantitative estimate of drug-likeness (QED) is 0.262. The Hall–Kier alpha value is -4.90. The van der Waals surface area contributed by atoms with E-state index < -0.39 is 11.5 Å². The molecular weight excluding hydrogens is 456 g/mol. The van der Waals surface area contributed by atoms with Crippen LogP contribution in [0.25, 0.3) is 16.8 Å². The number of H-pyrrole nitrogens is 1. The molecule has 0 amide bonds. The summed E-state index contributed by atoms with van der Waals surface area (Å²) in [5.74, 6) is 1.40. The van der Waals surface area contributed by atoms with Gasteiger partial charge in [0.2, 0.25) is 0 Å². The first-order chi connectivity index (χ1) is 17.4. The number of rotatable bonds is 5. The van der Waals surface area contributed by atoms with Gasteiger partial charge in [0.15, 0.2) is 11.4 Å². The van der Waals surface area contributed by atoms with Crippen LogP contribution in [0.5, 0.6) is 5.75 Å². The van der Waals surface area contributed by atoms with Crippen LogP contribution in [0.3, 0.4) is 0 Å². The predicted molar refractivity (Wildman–Crippen MR) is 136 cm³/mol. The molecule has 4 aromatic rings. The van der Waals surface area contributed by atoms with E-state index in [1.54, 1.807) is 43.3 Å². The molecule has 3 aromatic carbocycles. The van der Waals surface area contributed by atoms with E-state index in [-0.39, 0.29) is 17.0 Å². The first kappa shape index (κ1) is 22.9. The number of aromatic nitrogens is 2. The highest BCUT2D eigenvalue weighted by Gasteiger charge is 2.23. The molecule has 1 heterocycles. The average molecular weight is 479 g/mol. The summed E-state index contributed by atoms with van der Waals surface area (Å²) in [7, 11) is 0. The summed E-state index contributed by atoms with van der Waals surface area (Å²) >= 11 is 0. The molecule has 1 aliphatic carbocycles. The molecule has 0 saturated carbocycles. The molecule has 0 aliphatic heterocycles. The molecule has 8 heteroatoms. The molecule has 0 bridgehead atoms. The fourth-order valence-electron chi connectivity index (χ4n) is 4.53. The number of benzene rings is 3. The first-order valence-corrected chi connectivity index (χ1v) is 11.4. The minimum absolute atomic E-state index is 0.0998. The number of carboxylic acid groups (broad SMARTS) is 1. The lowest BCUT2D eigenvalue weighted by Crippen LogP contribution is -2.14. The molecule has 36 heavy (non-hydrogen) atoms. The molecular formula is C28H22N4O4. The van der Waals surface area contributed by atoms with E-state index in [2.05, 4.69) is 21.2 Å². The lowest BCUT2D eigenvalue weighted by atomic mass is 9.96. The van der Waals surface area contributed by atoms with Crippen LogP contribution >= 0.6 is 0 Å².